The van der Waals surface area contributed by atoms with Gasteiger partial charge in [0.1, 0.15) is 0 Å². The third-order valence-corrected chi connectivity index (χ3v) is 3.34. The van der Waals surface area contributed by atoms with Crippen LogP contribution >= 0.6 is 0 Å². The van der Waals surface area contributed by atoms with Gasteiger partial charge in [0.05, 0.1) is 6.10 Å². The summed E-state index contributed by atoms with van der Waals surface area (Å²) >= 11 is 0. The van der Waals surface area contributed by atoms with Crippen LogP contribution in [0.15, 0.2) is 54.0 Å². The van der Waals surface area contributed by atoms with E-state index in [9.17, 15) is 9.90 Å². The topological polar surface area (TPSA) is 65.1 Å². The minimum Gasteiger partial charge on any atom is -0.387 e. The van der Waals surface area contributed by atoms with Crippen molar-refractivity contribution in [3.8, 4) is 0 Å². The second-order valence-electron chi connectivity index (χ2n) is 4.90. The highest BCUT2D eigenvalue weighted by molar-refractivity contribution is 5.47. The number of rotatable bonds is 7. The summed E-state index contributed by atoms with van der Waals surface area (Å²) in [5, 5.41) is 13.2. The van der Waals surface area contributed by atoms with E-state index in [1.165, 1.54) is 11.6 Å². The molecule has 0 saturated heterocycles. The minimum atomic E-state index is -0.620. The van der Waals surface area contributed by atoms with Gasteiger partial charge in [0.2, 0.25) is 5.56 Å². The Morgan fingerprint density at radius 1 is 1.24 bits per heavy atom. The summed E-state index contributed by atoms with van der Waals surface area (Å²) in [5.41, 5.74) is 2.89. The van der Waals surface area contributed by atoms with E-state index < -0.39 is 6.10 Å². The third-order valence-electron chi connectivity index (χ3n) is 3.34. The molecule has 1 aromatic carbocycles. The quantitative estimate of drug-likeness (QED) is 0.680. The van der Waals surface area contributed by atoms with Gasteiger partial charge < -0.3 is 15.4 Å². The van der Waals surface area contributed by atoms with Crippen molar-refractivity contribution < 1.29 is 5.11 Å². The summed E-state index contributed by atoms with van der Waals surface area (Å²) in [7, 11) is 0. The second-order valence-corrected chi connectivity index (χ2v) is 4.90. The lowest BCUT2D eigenvalue weighted by Crippen LogP contribution is -2.24. The number of nitrogens with one attached hydrogen (secondary N) is 2. The Balaban J connectivity index is 1.74. The number of hydrogen-bond donors (Lipinski definition) is 3. The lowest BCUT2D eigenvalue weighted by molar-refractivity contribution is 0.174. The van der Waals surface area contributed by atoms with Crippen LogP contribution in [0.1, 0.15) is 22.8 Å². The van der Waals surface area contributed by atoms with E-state index in [1.54, 1.807) is 12.3 Å². The van der Waals surface area contributed by atoms with Crippen molar-refractivity contribution in [2.75, 3.05) is 13.1 Å². The number of aromatic amines is 1. The maximum Gasteiger partial charge on any atom is 0.247 e. The van der Waals surface area contributed by atoms with Crippen LogP contribution in [0.2, 0.25) is 0 Å². The fraction of sp³-hybridized carbons (Fsp3) is 0.235. The van der Waals surface area contributed by atoms with Gasteiger partial charge >= 0.3 is 0 Å². The van der Waals surface area contributed by atoms with Crippen LogP contribution in [-0.4, -0.2) is 23.2 Å². The number of hydrogen-bond acceptors (Lipinski definition) is 3. The van der Waals surface area contributed by atoms with E-state index in [-0.39, 0.29) is 5.56 Å². The molecule has 0 spiro atoms. The first-order chi connectivity index (χ1) is 10.2. The predicted molar refractivity (Wildman–Crippen MR) is 85.1 cm³/mol. The normalized spacial score (nSPS) is 12.0. The average molecular weight is 284 g/mol. The zero-order valence-electron chi connectivity index (χ0n) is 11.9. The van der Waals surface area contributed by atoms with Gasteiger partial charge in [0.25, 0.3) is 0 Å². The maximum absolute atomic E-state index is 10.9. The Morgan fingerprint density at radius 2 is 2.00 bits per heavy atom. The zero-order chi connectivity index (χ0) is 15.1. The van der Waals surface area contributed by atoms with Crippen LogP contribution in [0.5, 0.6) is 0 Å². The fourth-order valence-electron chi connectivity index (χ4n) is 2.04. The van der Waals surface area contributed by atoms with Gasteiger partial charge in [-0.1, -0.05) is 36.9 Å². The largest absolute Gasteiger partial charge is 0.387 e. The molecule has 0 fully saturated rings. The van der Waals surface area contributed by atoms with Gasteiger partial charge in [0.15, 0.2) is 0 Å². The molecule has 0 aliphatic carbocycles. The van der Waals surface area contributed by atoms with Gasteiger partial charge in [-0.2, -0.15) is 0 Å². The molecule has 0 saturated carbocycles. The standard InChI is InChI=1S/C17H20N2O2/c1-2-13-3-5-14(6-4-13)9-10-18-12-16(20)15-7-8-17(21)19-11-15/h2-8,11,16,18,20H,1,9-10,12H2,(H,19,21). The molecule has 4 heteroatoms. The van der Waals surface area contributed by atoms with E-state index >= 15 is 0 Å². The highest BCUT2D eigenvalue weighted by Gasteiger charge is 2.06. The molecule has 1 atom stereocenters. The molecule has 0 radical (unpaired) electrons. The molecule has 3 N–H and O–H groups in total. The van der Waals surface area contributed by atoms with Crippen LogP contribution in [0, 0.1) is 0 Å². The van der Waals surface area contributed by atoms with Crippen molar-refractivity contribution in [1.29, 1.82) is 0 Å². The number of aromatic nitrogens is 1. The lowest BCUT2D eigenvalue weighted by Gasteiger charge is -2.11. The Hall–Kier alpha value is -2.17. The Kier molecular flexibility index (Phi) is 5.49. The zero-order valence-corrected chi connectivity index (χ0v) is 11.9. The van der Waals surface area contributed by atoms with Gasteiger partial charge in [-0.05, 0) is 35.7 Å². The van der Waals surface area contributed by atoms with Crippen molar-refractivity contribution in [3.63, 3.8) is 0 Å². The molecule has 1 aromatic heterocycles. The molecule has 4 nitrogen and oxygen atoms in total. The summed E-state index contributed by atoms with van der Waals surface area (Å²) in [6, 6.07) is 11.3. The summed E-state index contributed by atoms with van der Waals surface area (Å²) in [6.45, 7) is 4.97. The first-order valence-corrected chi connectivity index (χ1v) is 6.98. The highest BCUT2D eigenvalue weighted by Crippen LogP contribution is 2.08. The van der Waals surface area contributed by atoms with Gasteiger partial charge in [-0.15, -0.1) is 0 Å². The number of benzene rings is 1. The molecule has 21 heavy (non-hydrogen) atoms. The van der Waals surface area contributed by atoms with Crippen molar-refractivity contribution >= 4 is 6.08 Å². The molecule has 2 aromatic rings. The molecular weight excluding hydrogens is 264 g/mol. The van der Waals surface area contributed by atoms with E-state index in [1.807, 2.05) is 18.2 Å². The van der Waals surface area contributed by atoms with Crippen LogP contribution in [0.4, 0.5) is 0 Å². The fourth-order valence-corrected chi connectivity index (χ4v) is 2.04. The molecular formula is C17H20N2O2. The highest BCUT2D eigenvalue weighted by atomic mass is 16.3. The molecule has 0 amide bonds. The Morgan fingerprint density at radius 3 is 2.62 bits per heavy atom. The number of pyridine rings is 1. The third kappa shape index (κ3) is 4.70. The van der Waals surface area contributed by atoms with Crippen molar-refractivity contribution in [2.45, 2.75) is 12.5 Å². The molecule has 0 bridgehead atoms. The smallest absolute Gasteiger partial charge is 0.247 e. The lowest BCUT2D eigenvalue weighted by atomic mass is 10.1. The van der Waals surface area contributed by atoms with Crippen LogP contribution in [-0.2, 0) is 6.42 Å². The van der Waals surface area contributed by atoms with Gasteiger partial charge in [-0.25, -0.2) is 0 Å². The van der Waals surface area contributed by atoms with Crippen LogP contribution in [0.3, 0.4) is 0 Å². The molecule has 1 heterocycles. The number of aliphatic hydroxyl groups is 1. The predicted octanol–water partition coefficient (Wildman–Crippen LogP) is 1.88. The average Bonchev–Trinajstić information content (AvgIpc) is 2.52. The molecule has 0 aliphatic rings. The van der Waals surface area contributed by atoms with Gasteiger partial charge in [-0.3, -0.25) is 4.79 Å². The minimum absolute atomic E-state index is 0.165. The number of H-pyrrole nitrogens is 1. The summed E-state index contributed by atoms with van der Waals surface area (Å²) in [5.74, 6) is 0. The van der Waals surface area contributed by atoms with Crippen LogP contribution < -0.4 is 10.9 Å². The van der Waals surface area contributed by atoms with Crippen LogP contribution in [0.25, 0.3) is 6.08 Å². The first-order valence-electron chi connectivity index (χ1n) is 6.98. The van der Waals surface area contributed by atoms with E-state index in [0.29, 0.717) is 12.1 Å². The Labute approximate surface area is 124 Å². The second kappa shape index (κ2) is 7.57. The molecule has 0 aliphatic heterocycles. The SMILES string of the molecule is C=Cc1ccc(CCNCC(O)c2ccc(=O)[nH]c2)cc1. The summed E-state index contributed by atoms with van der Waals surface area (Å²) in [4.78, 5) is 13.5. The number of aliphatic hydroxyl groups excluding tert-OH is 1. The summed E-state index contributed by atoms with van der Waals surface area (Å²) < 4.78 is 0. The monoisotopic (exact) mass is 284 g/mol. The molecule has 1 unspecified atom stereocenters. The molecule has 110 valence electrons. The van der Waals surface area contributed by atoms with E-state index in [0.717, 1.165) is 18.5 Å². The van der Waals surface area contributed by atoms with Crippen molar-refractivity contribution in [1.82, 2.24) is 10.3 Å². The summed E-state index contributed by atoms with van der Waals surface area (Å²) in [6.07, 6.45) is 3.64. The van der Waals surface area contributed by atoms with Crippen molar-refractivity contribution in [3.05, 3.63) is 76.2 Å². The van der Waals surface area contributed by atoms with E-state index in [2.05, 4.69) is 29.0 Å². The maximum atomic E-state index is 10.9. The van der Waals surface area contributed by atoms with E-state index in [4.69, 9.17) is 0 Å². The molecule has 2 rings (SSSR count). The van der Waals surface area contributed by atoms with Gasteiger partial charge in [0, 0.05) is 18.8 Å². The first kappa shape index (κ1) is 15.2. The Bertz CT molecular complexity index is 611. The van der Waals surface area contributed by atoms with Crippen molar-refractivity contribution in [2.24, 2.45) is 0 Å².